The highest BCUT2D eigenvalue weighted by Gasteiger charge is 2.16. The SMILES string of the molecule is CCC(CC)NC(=O)COc1cc(C)sc1C(=O)O. The maximum absolute atomic E-state index is 11.7. The first kappa shape index (κ1) is 15.5. The maximum Gasteiger partial charge on any atom is 0.349 e. The normalized spacial score (nSPS) is 10.5. The molecule has 0 atom stereocenters. The van der Waals surface area contributed by atoms with Gasteiger partial charge in [0.25, 0.3) is 5.91 Å². The standard InChI is InChI=1S/C13H19NO4S/c1-4-9(5-2)14-11(15)7-18-10-6-8(3)19-12(10)13(16)17/h6,9H,4-5,7H2,1-3H3,(H,14,15)(H,16,17). The summed E-state index contributed by atoms with van der Waals surface area (Å²) in [5, 5.41) is 11.8. The number of carboxylic acid groups (broad SMARTS) is 1. The van der Waals surface area contributed by atoms with Gasteiger partial charge in [-0.05, 0) is 25.8 Å². The van der Waals surface area contributed by atoms with E-state index in [1.807, 2.05) is 13.8 Å². The second-order valence-corrected chi connectivity index (χ2v) is 5.48. The molecule has 0 spiro atoms. The van der Waals surface area contributed by atoms with Crippen LogP contribution in [-0.4, -0.2) is 29.6 Å². The van der Waals surface area contributed by atoms with Gasteiger partial charge < -0.3 is 15.2 Å². The summed E-state index contributed by atoms with van der Waals surface area (Å²) in [5.74, 6) is -1.00. The fraction of sp³-hybridized carbons (Fsp3) is 0.538. The molecule has 1 amide bonds. The molecule has 0 radical (unpaired) electrons. The second kappa shape index (κ2) is 7.13. The van der Waals surface area contributed by atoms with Gasteiger partial charge in [0, 0.05) is 10.9 Å². The third kappa shape index (κ3) is 4.55. The summed E-state index contributed by atoms with van der Waals surface area (Å²) >= 11 is 1.14. The van der Waals surface area contributed by atoms with Crippen molar-refractivity contribution in [3.05, 3.63) is 15.8 Å². The summed E-state index contributed by atoms with van der Waals surface area (Å²) in [6.45, 7) is 5.64. The second-order valence-electron chi connectivity index (χ2n) is 4.23. The molecule has 1 aromatic rings. The molecule has 1 heterocycles. The number of hydrogen-bond donors (Lipinski definition) is 2. The Morgan fingerprint density at radius 2 is 2.05 bits per heavy atom. The number of amides is 1. The van der Waals surface area contributed by atoms with Crippen molar-refractivity contribution in [2.24, 2.45) is 0 Å². The summed E-state index contributed by atoms with van der Waals surface area (Å²) in [5.41, 5.74) is 0. The van der Waals surface area contributed by atoms with Gasteiger partial charge in [-0.1, -0.05) is 13.8 Å². The van der Waals surface area contributed by atoms with Gasteiger partial charge in [-0.25, -0.2) is 4.79 Å². The van der Waals surface area contributed by atoms with E-state index in [1.165, 1.54) is 0 Å². The predicted molar refractivity (Wildman–Crippen MR) is 74.0 cm³/mol. The molecule has 106 valence electrons. The van der Waals surface area contributed by atoms with Crippen LogP contribution < -0.4 is 10.1 Å². The van der Waals surface area contributed by atoms with Crippen molar-refractivity contribution in [1.82, 2.24) is 5.32 Å². The highest BCUT2D eigenvalue weighted by molar-refractivity contribution is 7.14. The molecule has 5 nitrogen and oxygen atoms in total. The molecule has 0 aliphatic heterocycles. The number of rotatable bonds is 7. The molecule has 0 bridgehead atoms. The fourth-order valence-corrected chi connectivity index (χ4v) is 2.45. The van der Waals surface area contributed by atoms with E-state index in [1.54, 1.807) is 13.0 Å². The zero-order valence-electron chi connectivity index (χ0n) is 11.4. The Balaban J connectivity index is 2.57. The molecule has 0 aromatic carbocycles. The minimum Gasteiger partial charge on any atom is -0.482 e. The summed E-state index contributed by atoms with van der Waals surface area (Å²) in [6.07, 6.45) is 1.72. The number of hydrogen-bond acceptors (Lipinski definition) is 4. The fourth-order valence-electron chi connectivity index (χ4n) is 1.65. The predicted octanol–water partition coefficient (Wildman–Crippen LogP) is 2.44. The Hall–Kier alpha value is -1.56. The van der Waals surface area contributed by atoms with Gasteiger partial charge in [0.2, 0.25) is 0 Å². The van der Waals surface area contributed by atoms with E-state index >= 15 is 0 Å². The lowest BCUT2D eigenvalue weighted by Gasteiger charge is -2.14. The van der Waals surface area contributed by atoms with Crippen molar-refractivity contribution >= 4 is 23.2 Å². The molecule has 0 fully saturated rings. The molecule has 19 heavy (non-hydrogen) atoms. The zero-order chi connectivity index (χ0) is 14.4. The van der Waals surface area contributed by atoms with Crippen LogP contribution in [0.3, 0.4) is 0 Å². The number of aromatic carboxylic acids is 1. The third-order valence-corrected chi connectivity index (χ3v) is 3.74. The third-order valence-electron chi connectivity index (χ3n) is 2.72. The Morgan fingerprint density at radius 1 is 1.42 bits per heavy atom. The Kier molecular flexibility index (Phi) is 5.82. The van der Waals surface area contributed by atoms with Crippen molar-refractivity contribution in [2.45, 2.75) is 39.7 Å². The molecule has 2 N–H and O–H groups in total. The minimum atomic E-state index is -1.03. The van der Waals surface area contributed by atoms with E-state index in [2.05, 4.69) is 5.32 Å². The average Bonchev–Trinajstić information content (AvgIpc) is 2.75. The molecule has 0 saturated carbocycles. The summed E-state index contributed by atoms with van der Waals surface area (Å²) in [7, 11) is 0. The smallest absolute Gasteiger partial charge is 0.349 e. The van der Waals surface area contributed by atoms with Crippen molar-refractivity contribution < 1.29 is 19.4 Å². The zero-order valence-corrected chi connectivity index (χ0v) is 12.2. The Bertz CT molecular complexity index is 451. The lowest BCUT2D eigenvalue weighted by molar-refractivity contribution is -0.123. The molecule has 0 saturated heterocycles. The lowest BCUT2D eigenvalue weighted by atomic mass is 10.2. The molecule has 0 aliphatic rings. The molecule has 0 unspecified atom stereocenters. The first-order valence-electron chi connectivity index (χ1n) is 6.23. The van der Waals surface area contributed by atoms with Gasteiger partial charge in [0.15, 0.2) is 11.5 Å². The van der Waals surface area contributed by atoms with Crippen molar-refractivity contribution in [2.75, 3.05) is 6.61 Å². The number of nitrogens with one attached hydrogen (secondary N) is 1. The molecular weight excluding hydrogens is 266 g/mol. The Morgan fingerprint density at radius 3 is 2.58 bits per heavy atom. The molecule has 1 rings (SSSR count). The molecule has 0 aliphatic carbocycles. The monoisotopic (exact) mass is 285 g/mol. The van der Waals surface area contributed by atoms with Gasteiger partial charge in [0.05, 0.1) is 0 Å². The van der Waals surface area contributed by atoms with Crippen LogP contribution in [-0.2, 0) is 4.79 Å². The van der Waals surface area contributed by atoms with E-state index in [4.69, 9.17) is 9.84 Å². The van der Waals surface area contributed by atoms with E-state index < -0.39 is 5.97 Å². The van der Waals surface area contributed by atoms with Gasteiger partial charge in [-0.3, -0.25) is 4.79 Å². The average molecular weight is 285 g/mol. The van der Waals surface area contributed by atoms with Gasteiger partial charge >= 0.3 is 5.97 Å². The maximum atomic E-state index is 11.7. The van der Waals surface area contributed by atoms with Crippen LogP contribution in [0.5, 0.6) is 5.75 Å². The highest BCUT2D eigenvalue weighted by Crippen LogP contribution is 2.28. The summed E-state index contributed by atoms with van der Waals surface area (Å²) < 4.78 is 5.29. The number of carbonyl (C=O) groups is 2. The first-order chi connectivity index (χ1) is 8.97. The topological polar surface area (TPSA) is 75.6 Å². The van der Waals surface area contributed by atoms with Gasteiger partial charge in [0.1, 0.15) is 5.75 Å². The first-order valence-corrected chi connectivity index (χ1v) is 7.05. The van der Waals surface area contributed by atoms with Gasteiger partial charge in [-0.2, -0.15) is 0 Å². The van der Waals surface area contributed by atoms with Crippen LogP contribution >= 0.6 is 11.3 Å². The number of aryl methyl sites for hydroxylation is 1. The lowest BCUT2D eigenvalue weighted by Crippen LogP contribution is -2.37. The largest absolute Gasteiger partial charge is 0.482 e. The van der Waals surface area contributed by atoms with Crippen molar-refractivity contribution in [1.29, 1.82) is 0 Å². The van der Waals surface area contributed by atoms with Crippen LogP contribution in [0.4, 0.5) is 0 Å². The molecular formula is C13H19NO4S. The quantitative estimate of drug-likeness (QED) is 0.806. The Labute approximate surface area is 116 Å². The summed E-state index contributed by atoms with van der Waals surface area (Å²) in [4.78, 5) is 23.6. The van der Waals surface area contributed by atoms with Crippen LogP contribution in [0, 0.1) is 6.92 Å². The van der Waals surface area contributed by atoms with Crippen LogP contribution in [0.2, 0.25) is 0 Å². The number of carbonyl (C=O) groups excluding carboxylic acids is 1. The van der Waals surface area contributed by atoms with Crippen molar-refractivity contribution in [3.63, 3.8) is 0 Å². The number of ether oxygens (including phenoxy) is 1. The van der Waals surface area contributed by atoms with E-state index in [0.717, 1.165) is 29.1 Å². The number of thiophene rings is 1. The molecule has 6 heteroatoms. The van der Waals surface area contributed by atoms with Crippen LogP contribution in [0.1, 0.15) is 41.2 Å². The number of carboxylic acids is 1. The van der Waals surface area contributed by atoms with Gasteiger partial charge in [-0.15, -0.1) is 11.3 Å². The van der Waals surface area contributed by atoms with Crippen molar-refractivity contribution in [3.8, 4) is 5.75 Å². The van der Waals surface area contributed by atoms with E-state index in [-0.39, 0.29) is 29.2 Å². The van der Waals surface area contributed by atoms with Crippen LogP contribution in [0.25, 0.3) is 0 Å². The van der Waals surface area contributed by atoms with Crippen LogP contribution in [0.15, 0.2) is 6.07 Å². The minimum absolute atomic E-state index is 0.132. The molecule has 1 aromatic heterocycles. The van der Waals surface area contributed by atoms with E-state index in [0.29, 0.717) is 0 Å². The van der Waals surface area contributed by atoms with E-state index in [9.17, 15) is 9.59 Å². The highest BCUT2D eigenvalue weighted by atomic mass is 32.1. The summed E-state index contributed by atoms with van der Waals surface area (Å²) in [6, 6.07) is 1.78.